The fourth-order valence-corrected chi connectivity index (χ4v) is 4.18. The number of fused-ring (bicyclic) bond motifs is 5. The van der Waals surface area contributed by atoms with E-state index in [-0.39, 0.29) is 29.7 Å². The molecule has 1 aromatic carbocycles. The molecule has 0 aromatic heterocycles. The lowest BCUT2D eigenvalue weighted by molar-refractivity contribution is -0.174. The predicted molar refractivity (Wildman–Crippen MR) is 89.9 cm³/mol. The highest BCUT2D eigenvalue weighted by Crippen LogP contribution is 2.53. The lowest BCUT2D eigenvalue weighted by Gasteiger charge is -2.46. The van der Waals surface area contributed by atoms with Gasteiger partial charge in [-0.1, -0.05) is 32.0 Å². The Labute approximate surface area is 146 Å². The molecule has 0 radical (unpaired) electrons. The van der Waals surface area contributed by atoms with Crippen LogP contribution in [0.1, 0.15) is 45.1 Å². The number of carbonyl (C=O) groups excluding carboxylic acids is 2. The standard InChI is InChI=1S/C20H22O5/c1-4-23-18(22)17-15-11-7-5-6-8-13(11)24-19(17)25-14-10-20(2,3)9-12(21)16(14)15/h5-8,15,17,19H,4,9-10H2,1-3H3/t15-,17-,19+/m1/s1. The van der Waals surface area contributed by atoms with Gasteiger partial charge in [0.15, 0.2) is 5.78 Å². The van der Waals surface area contributed by atoms with E-state index in [4.69, 9.17) is 14.2 Å². The number of benzene rings is 1. The van der Waals surface area contributed by atoms with Crippen LogP contribution in [0.5, 0.6) is 5.75 Å². The second-order valence-corrected chi connectivity index (χ2v) is 7.68. The van der Waals surface area contributed by atoms with E-state index in [1.165, 1.54) is 0 Å². The smallest absolute Gasteiger partial charge is 0.317 e. The van der Waals surface area contributed by atoms with Crippen LogP contribution in [-0.4, -0.2) is 24.6 Å². The molecular formula is C20H22O5. The number of ether oxygens (including phenoxy) is 3. The van der Waals surface area contributed by atoms with Gasteiger partial charge in [0.25, 0.3) is 6.29 Å². The van der Waals surface area contributed by atoms with Crippen molar-refractivity contribution in [3.05, 3.63) is 41.2 Å². The molecule has 0 N–H and O–H groups in total. The molecule has 25 heavy (non-hydrogen) atoms. The number of para-hydroxylation sites is 1. The number of Topliss-reactive ketones (excluding diaryl/α,β-unsaturated/α-hetero) is 1. The summed E-state index contributed by atoms with van der Waals surface area (Å²) in [6, 6.07) is 7.55. The summed E-state index contributed by atoms with van der Waals surface area (Å²) in [6.45, 7) is 6.16. The van der Waals surface area contributed by atoms with Gasteiger partial charge in [0, 0.05) is 29.9 Å². The molecule has 132 valence electrons. The molecule has 1 aliphatic carbocycles. The first-order valence-electron chi connectivity index (χ1n) is 8.76. The van der Waals surface area contributed by atoms with E-state index in [1.54, 1.807) is 6.92 Å². The largest absolute Gasteiger partial charge is 0.466 e. The highest BCUT2D eigenvalue weighted by Gasteiger charge is 2.54. The molecule has 2 bridgehead atoms. The second-order valence-electron chi connectivity index (χ2n) is 7.68. The number of esters is 1. The van der Waals surface area contributed by atoms with Crippen molar-refractivity contribution in [1.29, 1.82) is 0 Å². The van der Waals surface area contributed by atoms with Crippen molar-refractivity contribution >= 4 is 11.8 Å². The lowest BCUT2D eigenvalue weighted by Crippen LogP contribution is -2.49. The van der Waals surface area contributed by atoms with E-state index >= 15 is 0 Å². The molecule has 0 spiro atoms. The number of ketones is 1. The highest BCUT2D eigenvalue weighted by atomic mass is 16.7. The molecule has 0 amide bonds. The van der Waals surface area contributed by atoms with Gasteiger partial charge >= 0.3 is 5.97 Å². The Bertz CT molecular complexity index is 776. The maximum Gasteiger partial charge on any atom is 0.317 e. The summed E-state index contributed by atoms with van der Waals surface area (Å²) < 4.78 is 17.3. The molecule has 0 unspecified atom stereocenters. The van der Waals surface area contributed by atoms with Gasteiger partial charge in [0.1, 0.15) is 17.4 Å². The van der Waals surface area contributed by atoms with Crippen LogP contribution in [0.25, 0.3) is 0 Å². The van der Waals surface area contributed by atoms with Crippen molar-refractivity contribution < 1.29 is 23.8 Å². The lowest BCUT2D eigenvalue weighted by atomic mass is 9.67. The number of hydrogen-bond donors (Lipinski definition) is 0. The maximum atomic E-state index is 12.9. The van der Waals surface area contributed by atoms with E-state index in [2.05, 4.69) is 13.8 Å². The molecule has 1 aromatic rings. The average Bonchev–Trinajstić information content (AvgIpc) is 2.52. The summed E-state index contributed by atoms with van der Waals surface area (Å²) in [7, 11) is 0. The molecule has 3 aliphatic rings. The first kappa shape index (κ1) is 16.2. The Kier molecular flexibility index (Phi) is 3.63. The van der Waals surface area contributed by atoms with E-state index in [0.717, 1.165) is 5.56 Å². The van der Waals surface area contributed by atoms with Crippen LogP contribution in [-0.2, 0) is 19.1 Å². The van der Waals surface area contributed by atoms with Crippen LogP contribution in [0.2, 0.25) is 0 Å². The van der Waals surface area contributed by atoms with Gasteiger partial charge in [0.05, 0.1) is 6.61 Å². The van der Waals surface area contributed by atoms with Gasteiger partial charge in [-0.25, -0.2) is 0 Å². The topological polar surface area (TPSA) is 61.8 Å². The van der Waals surface area contributed by atoms with Crippen LogP contribution in [0, 0.1) is 11.3 Å². The fraction of sp³-hybridized carbons (Fsp3) is 0.500. The van der Waals surface area contributed by atoms with Gasteiger partial charge in [-0.15, -0.1) is 0 Å². The van der Waals surface area contributed by atoms with Gasteiger partial charge in [-0.3, -0.25) is 9.59 Å². The molecule has 2 aliphatic heterocycles. The zero-order valence-corrected chi connectivity index (χ0v) is 14.7. The van der Waals surface area contributed by atoms with Crippen LogP contribution < -0.4 is 4.74 Å². The van der Waals surface area contributed by atoms with E-state index < -0.39 is 12.2 Å². The third-order valence-corrected chi connectivity index (χ3v) is 5.16. The Balaban J connectivity index is 1.87. The first-order valence-corrected chi connectivity index (χ1v) is 8.76. The zero-order chi connectivity index (χ0) is 17.8. The van der Waals surface area contributed by atoms with Gasteiger partial charge in [-0.05, 0) is 18.4 Å². The van der Waals surface area contributed by atoms with E-state index in [9.17, 15) is 9.59 Å². The number of rotatable bonds is 2. The molecule has 0 fully saturated rings. The molecule has 0 saturated heterocycles. The van der Waals surface area contributed by atoms with Crippen molar-refractivity contribution in [1.82, 2.24) is 0 Å². The van der Waals surface area contributed by atoms with Gasteiger partial charge in [0.2, 0.25) is 0 Å². The number of carbonyl (C=O) groups is 2. The highest BCUT2D eigenvalue weighted by molar-refractivity contribution is 6.00. The Morgan fingerprint density at radius 3 is 2.76 bits per heavy atom. The van der Waals surface area contributed by atoms with E-state index in [1.807, 2.05) is 24.3 Å². The second kappa shape index (κ2) is 5.61. The van der Waals surface area contributed by atoms with Crippen LogP contribution in [0.4, 0.5) is 0 Å². The predicted octanol–water partition coefficient (Wildman–Crippen LogP) is 3.34. The summed E-state index contributed by atoms with van der Waals surface area (Å²) in [5.41, 5.74) is 1.34. The third-order valence-electron chi connectivity index (χ3n) is 5.16. The van der Waals surface area contributed by atoms with Crippen LogP contribution >= 0.6 is 0 Å². The molecule has 5 nitrogen and oxygen atoms in total. The molecular weight excluding hydrogens is 320 g/mol. The summed E-state index contributed by atoms with van der Waals surface area (Å²) in [5.74, 6) is 0.00512. The van der Waals surface area contributed by atoms with Crippen molar-refractivity contribution in [3.63, 3.8) is 0 Å². The van der Waals surface area contributed by atoms with E-state index in [0.29, 0.717) is 29.9 Å². The molecule has 0 saturated carbocycles. The Morgan fingerprint density at radius 1 is 1.24 bits per heavy atom. The fourth-order valence-electron chi connectivity index (χ4n) is 4.18. The Morgan fingerprint density at radius 2 is 2.00 bits per heavy atom. The maximum absolute atomic E-state index is 12.9. The van der Waals surface area contributed by atoms with Crippen LogP contribution in [0.15, 0.2) is 35.6 Å². The number of allylic oxidation sites excluding steroid dienone is 2. The van der Waals surface area contributed by atoms with Crippen molar-refractivity contribution in [2.75, 3.05) is 6.61 Å². The van der Waals surface area contributed by atoms with Gasteiger partial charge in [-0.2, -0.15) is 0 Å². The van der Waals surface area contributed by atoms with Crippen molar-refractivity contribution in [2.45, 2.75) is 45.8 Å². The van der Waals surface area contributed by atoms with Crippen LogP contribution in [0.3, 0.4) is 0 Å². The van der Waals surface area contributed by atoms with Gasteiger partial charge < -0.3 is 14.2 Å². The molecule has 5 heteroatoms. The monoisotopic (exact) mass is 342 g/mol. The average molecular weight is 342 g/mol. The minimum atomic E-state index is -0.751. The Hall–Kier alpha value is -2.30. The van der Waals surface area contributed by atoms with Crippen molar-refractivity contribution in [3.8, 4) is 5.75 Å². The quantitative estimate of drug-likeness (QED) is 0.772. The van der Waals surface area contributed by atoms with Crippen molar-refractivity contribution in [2.24, 2.45) is 11.3 Å². The summed E-state index contributed by atoms with van der Waals surface area (Å²) >= 11 is 0. The number of hydrogen-bond acceptors (Lipinski definition) is 5. The third kappa shape index (κ3) is 2.53. The zero-order valence-electron chi connectivity index (χ0n) is 14.7. The summed E-state index contributed by atoms with van der Waals surface area (Å²) in [5, 5.41) is 0. The molecule has 4 rings (SSSR count). The first-order chi connectivity index (χ1) is 11.9. The minimum Gasteiger partial charge on any atom is -0.466 e. The summed E-state index contributed by atoms with van der Waals surface area (Å²) in [4.78, 5) is 25.6. The minimum absolute atomic E-state index is 0.0562. The molecule has 3 atom stereocenters. The molecule has 2 heterocycles. The summed E-state index contributed by atoms with van der Waals surface area (Å²) in [6.07, 6.45) is 0.372. The SMILES string of the molecule is CCOC(=O)[C@@H]1[C@@H]2OC3=C(C(=O)CC(C)(C)C3)[C@H]1c1ccccc1O2. The normalized spacial score (nSPS) is 29.1.